The van der Waals surface area contributed by atoms with E-state index in [-0.39, 0.29) is 5.56 Å². The number of nitrogens with one attached hydrogen (secondary N) is 1. The maximum Gasteiger partial charge on any atom is 0.265 e. The standard InChI is InChI=1S/C20H20Cl2N2O4/c1-4-26-18-8-13(11-23)16(10-19(18)27-5-2)24-20(25)12(3)28-17-7-6-14(21)9-15(17)22/h6-10,12H,4-5H2,1-3H3,(H,24,25). The Morgan fingerprint density at radius 3 is 2.32 bits per heavy atom. The van der Waals surface area contributed by atoms with Gasteiger partial charge in [-0.2, -0.15) is 5.26 Å². The van der Waals surface area contributed by atoms with Gasteiger partial charge in [0.05, 0.1) is 29.5 Å². The molecule has 0 spiro atoms. The molecular weight excluding hydrogens is 403 g/mol. The smallest absolute Gasteiger partial charge is 0.265 e. The number of nitrogens with zero attached hydrogens (tertiary/aromatic N) is 1. The first kappa shape index (κ1) is 21.7. The summed E-state index contributed by atoms with van der Waals surface area (Å²) in [6.07, 6.45) is -0.868. The summed E-state index contributed by atoms with van der Waals surface area (Å²) in [5.74, 6) is 0.758. The van der Waals surface area contributed by atoms with E-state index in [0.29, 0.717) is 46.2 Å². The number of amides is 1. The van der Waals surface area contributed by atoms with Crippen molar-refractivity contribution in [1.82, 2.24) is 0 Å². The highest BCUT2D eigenvalue weighted by molar-refractivity contribution is 6.35. The summed E-state index contributed by atoms with van der Waals surface area (Å²) in [4.78, 5) is 12.6. The third-order valence-corrected chi connectivity index (χ3v) is 4.16. The van der Waals surface area contributed by atoms with Crippen LogP contribution in [0.3, 0.4) is 0 Å². The Bertz CT molecular complexity index is 897. The van der Waals surface area contributed by atoms with Crippen molar-refractivity contribution in [3.63, 3.8) is 0 Å². The molecule has 0 aromatic heterocycles. The van der Waals surface area contributed by atoms with Crippen molar-refractivity contribution in [3.05, 3.63) is 45.9 Å². The van der Waals surface area contributed by atoms with Gasteiger partial charge >= 0.3 is 0 Å². The second-order valence-electron chi connectivity index (χ2n) is 5.65. The van der Waals surface area contributed by atoms with Gasteiger partial charge in [-0.25, -0.2) is 0 Å². The fraction of sp³-hybridized carbons (Fsp3) is 0.300. The van der Waals surface area contributed by atoms with Gasteiger partial charge in [0, 0.05) is 17.2 Å². The summed E-state index contributed by atoms with van der Waals surface area (Å²) in [6.45, 7) is 6.07. The number of ether oxygens (including phenoxy) is 3. The minimum absolute atomic E-state index is 0.247. The normalized spacial score (nSPS) is 11.3. The van der Waals surface area contributed by atoms with E-state index in [1.165, 1.54) is 12.1 Å². The Labute approximate surface area is 173 Å². The molecule has 8 heteroatoms. The molecule has 0 aliphatic carbocycles. The SMILES string of the molecule is CCOc1cc(C#N)c(NC(=O)C(C)Oc2ccc(Cl)cc2Cl)cc1OCC. The van der Waals surface area contributed by atoms with Crippen molar-refractivity contribution >= 4 is 34.8 Å². The van der Waals surface area contributed by atoms with E-state index < -0.39 is 12.0 Å². The van der Waals surface area contributed by atoms with Gasteiger partial charge < -0.3 is 19.5 Å². The summed E-state index contributed by atoms with van der Waals surface area (Å²) in [7, 11) is 0. The van der Waals surface area contributed by atoms with E-state index in [1.54, 1.807) is 25.1 Å². The van der Waals surface area contributed by atoms with E-state index in [1.807, 2.05) is 19.9 Å². The van der Waals surface area contributed by atoms with E-state index in [0.717, 1.165) is 0 Å². The van der Waals surface area contributed by atoms with Crippen LogP contribution in [0.1, 0.15) is 26.3 Å². The molecule has 0 aliphatic rings. The van der Waals surface area contributed by atoms with Gasteiger partial charge in [0.2, 0.25) is 0 Å². The summed E-state index contributed by atoms with van der Waals surface area (Å²) in [5, 5.41) is 12.9. The lowest BCUT2D eigenvalue weighted by Crippen LogP contribution is -2.30. The number of nitriles is 1. The second kappa shape index (κ2) is 10.1. The Morgan fingerprint density at radius 2 is 1.75 bits per heavy atom. The molecule has 2 aromatic carbocycles. The molecule has 0 saturated carbocycles. The molecule has 0 fully saturated rings. The van der Waals surface area contributed by atoms with E-state index in [9.17, 15) is 10.1 Å². The van der Waals surface area contributed by atoms with Crippen molar-refractivity contribution in [2.45, 2.75) is 26.9 Å². The zero-order valence-electron chi connectivity index (χ0n) is 15.7. The summed E-state index contributed by atoms with van der Waals surface area (Å²) in [5.41, 5.74) is 0.550. The Morgan fingerprint density at radius 1 is 1.11 bits per heavy atom. The van der Waals surface area contributed by atoms with Crippen LogP contribution in [0.25, 0.3) is 0 Å². The topological polar surface area (TPSA) is 80.6 Å². The van der Waals surface area contributed by atoms with Crippen LogP contribution in [0.4, 0.5) is 5.69 Å². The lowest BCUT2D eigenvalue weighted by Gasteiger charge is -2.18. The average Bonchev–Trinajstić information content (AvgIpc) is 2.66. The van der Waals surface area contributed by atoms with Crippen LogP contribution >= 0.6 is 23.2 Å². The molecule has 2 rings (SSSR count). The van der Waals surface area contributed by atoms with Crippen molar-refractivity contribution < 1.29 is 19.0 Å². The number of benzene rings is 2. The Balaban J connectivity index is 2.21. The van der Waals surface area contributed by atoms with Gasteiger partial charge in [-0.1, -0.05) is 23.2 Å². The Kier molecular flexibility index (Phi) is 7.80. The zero-order chi connectivity index (χ0) is 20.7. The molecule has 1 N–H and O–H groups in total. The molecule has 0 aliphatic heterocycles. The largest absolute Gasteiger partial charge is 0.490 e. The van der Waals surface area contributed by atoms with E-state index >= 15 is 0 Å². The highest BCUT2D eigenvalue weighted by atomic mass is 35.5. The molecule has 0 heterocycles. The van der Waals surface area contributed by atoms with Crippen LogP contribution in [0, 0.1) is 11.3 Å². The number of carbonyl (C=O) groups excluding carboxylic acids is 1. The van der Waals surface area contributed by atoms with Crippen LogP contribution in [0.5, 0.6) is 17.2 Å². The van der Waals surface area contributed by atoms with Crippen molar-refractivity contribution in [2.24, 2.45) is 0 Å². The molecular formula is C20H20Cl2N2O4. The van der Waals surface area contributed by atoms with Crippen molar-refractivity contribution in [2.75, 3.05) is 18.5 Å². The summed E-state index contributed by atoms with van der Waals surface area (Å²) < 4.78 is 16.7. The number of rotatable bonds is 8. The van der Waals surface area contributed by atoms with Crippen molar-refractivity contribution in [3.8, 4) is 23.3 Å². The third-order valence-electron chi connectivity index (χ3n) is 3.63. The molecule has 1 unspecified atom stereocenters. The van der Waals surface area contributed by atoms with Gasteiger partial charge in [0.1, 0.15) is 11.8 Å². The first-order valence-electron chi connectivity index (χ1n) is 8.65. The van der Waals surface area contributed by atoms with Crippen LogP contribution in [-0.2, 0) is 4.79 Å². The van der Waals surface area contributed by atoms with Gasteiger partial charge in [0.25, 0.3) is 5.91 Å². The number of hydrogen-bond acceptors (Lipinski definition) is 5. The van der Waals surface area contributed by atoms with Gasteiger partial charge in [-0.3, -0.25) is 4.79 Å². The quantitative estimate of drug-likeness (QED) is 0.641. The van der Waals surface area contributed by atoms with Crippen LogP contribution in [0.15, 0.2) is 30.3 Å². The molecule has 1 atom stereocenters. The fourth-order valence-corrected chi connectivity index (χ4v) is 2.79. The minimum Gasteiger partial charge on any atom is -0.490 e. The predicted molar refractivity (Wildman–Crippen MR) is 109 cm³/mol. The monoisotopic (exact) mass is 422 g/mol. The molecule has 0 radical (unpaired) electrons. The number of hydrogen-bond donors (Lipinski definition) is 1. The zero-order valence-corrected chi connectivity index (χ0v) is 17.2. The maximum atomic E-state index is 12.6. The van der Waals surface area contributed by atoms with E-state index in [2.05, 4.69) is 5.32 Å². The lowest BCUT2D eigenvalue weighted by molar-refractivity contribution is -0.122. The predicted octanol–water partition coefficient (Wildman–Crippen LogP) is 5.07. The summed E-state index contributed by atoms with van der Waals surface area (Å²) >= 11 is 11.9. The second-order valence-corrected chi connectivity index (χ2v) is 6.49. The highest BCUT2D eigenvalue weighted by Crippen LogP contribution is 2.34. The lowest BCUT2D eigenvalue weighted by atomic mass is 10.1. The summed E-state index contributed by atoms with van der Waals surface area (Å²) in [6, 6.07) is 9.86. The molecule has 0 saturated heterocycles. The third kappa shape index (κ3) is 5.44. The van der Waals surface area contributed by atoms with Gasteiger partial charge in [0.15, 0.2) is 17.6 Å². The average molecular weight is 423 g/mol. The minimum atomic E-state index is -0.868. The Hall–Kier alpha value is -2.62. The van der Waals surface area contributed by atoms with Gasteiger partial charge in [-0.05, 0) is 39.0 Å². The molecule has 6 nitrogen and oxygen atoms in total. The fourth-order valence-electron chi connectivity index (χ4n) is 2.34. The maximum absolute atomic E-state index is 12.6. The first-order chi connectivity index (χ1) is 13.4. The molecule has 1 amide bonds. The van der Waals surface area contributed by atoms with Crippen LogP contribution in [0.2, 0.25) is 10.0 Å². The number of halogens is 2. The first-order valence-corrected chi connectivity index (χ1v) is 9.41. The number of carbonyl (C=O) groups is 1. The van der Waals surface area contributed by atoms with Crippen molar-refractivity contribution in [1.29, 1.82) is 5.26 Å². The van der Waals surface area contributed by atoms with Gasteiger partial charge in [-0.15, -0.1) is 0 Å². The number of anilines is 1. The van der Waals surface area contributed by atoms with Crippen LogP contribution in [-0.4, -0.2) is 25.2 Å². The molecule has 28 heavy (non-hydrogen) atoms. The van der Waals surface area contributed by atoms with Crippen LogP contribution < -0.4 is 19.5 Å². The molecule has 2 aromatic rings. The molecule has 0 bridgehead atoms. The van der Waals surface area contributed by atoms with E-state index in [4.69, 9.17) is 37.4 Å². The highest BCUT2D eigenvalue weighted by Gasteiger charge is 2.20. The molecule has 148 valence electrons.